The minimum absolute atomic E-state index is 0.0372. The highest BCUT2D eigenvalue weighted by molar-refractivity contribution is 7.22. The van der Waals surface area contributed by atoms with Crippen LogP contribution in [0.15, 0.2) is 30.5 Å². The minimum Gasteiger partial charge on any atom is -0.493 e. The second-order valence-electron chi connectivity index (χ2n) is 8.88. The summed E-state index contributed by atoms with van der Waals surface area (Å²) in [6, 6.07) is 8.12. The molecule has 0 radical (unpaired) electrons. The fourth-order valence-electron chi connectivity index (χ4n) is 4.98. The number of anilines is 1. The Morgan fingerprint density at radius 1 is 1.31 bits per heavy atom. The number of fused-ring (bicyclic) bond motifs is 1. The van der Waals surface area contributed by atoms with Gasteiger partial charge in [-0.1, -0.05) is 18.3 Å². The van der Waals surface area contributed by atoms with Crippen molar-refractivity contribution in [2.75, 3.05) is 24.6 Å². The van der Waals surface area contributed by atoms with E-state index >= 15 is 0 Å². The van der Waals surface area contributed by atoms with Crippen molar-refractivity contribution in [1.82, 2.24) is 9.97 Å². The maximum absolute atomic E-state index is 11.8. The van der Waals surface area contributed by atoms with Gasteiger partial charge in [0.2, 0.25) is 0 Å². The Bertz CT molecular complexity index is 1390. The van der Waals surface area contributed by atoms with E-state index in [1.807, 2.05) is 31.3 Å². The molecule has 4 heterocycles. The second-order valence-corrected chi connectivity index (χ2v) is 9.85. The summed E-state index contributed by atoms with van der Waals surface area (Å²) in [5, 5.41) is 11.7. The van der Waals surface area contributed by atoms with Crippen molar-refractivity contribution in [3.8, 4) is 16.9 Å². The van der Waals surface area contributed by atoms with Crippen molar-refractivity contribution in [3.05, 3.63) is 47.2 Å². The molecule has 2 aromatic carbocycles. The number of thiazole rings is 1. The van der Waals surface area contributed by atoms with Gasteiger partial charge in [0.05, 0.1) is 28.8 Å². The van der Waals surface area contributed by atoms with E-state index in [1.165, 1.54) is 5.56 Å². The highest BCUT2D eigenvalue weighted by Crippen LogP contribution is 2.45. The first-order chi connectivity index (χ1) is 15.5. The number of carboxylic acids is 1. The van der Waals surface area contributed by atoms with Gasteiger partial charge in [-0.25, -0.2) is 4.98 Å². The van der Waals surface area contributed by atoms with Crippen LogP contribution in [0, 0.1) is 12.8 Å². The molecule has 0 aliphatic carbocycles. The molecule has 1 saturated heterocycles. The standard InChI is InChI=1S/C25H23N3O3S/c1-13-11-28(12-13)25-27-18-9-14(2)17(10-20(29)30)22(24(18)32-25)16-3-4-19-21-15(6-8-31-19)5-7-26-23(16)21/h3-5,7,9,13H,6,8,10-12H2,1-2H3,(H,29,30). The number of carboxylic acid groups (broad SMARTS) is 1. The second kappa shape index (κ2) is 7.17. The first kappa shape index (κ1) is 19.5. The lowest BCUT2D eigenvalue weighted by molar-refractivity contribution is -0.136. The molecule has 7 heteroatoms. The molecular weight excluding hydrogens is 422 g/mol. The van der Waals surface area contributed by atoms with E-state index in [1.54, 1.807) is 11.3 Å². The van der Waals surface area contributed by atoms with Gasteiger partial charge in [0.1, 0.15) is 5.75 Å². The number of pyridine rings is 1. The molecule has 2 aliphatic heterocycles. The van der Waals surface area contributed by atoms with Gasteiger partial charge >= 0.3 is 5.97 Å². The zero-order chi connectivity index (χ0) is 22.0. The molecule has 0 unspecified atom stereocenters. The summed E-state index contributed by atoms with van der Waals surface area (Å²) < 4.78 is 6.94. The summed E-state index contributed by atoms with van der Waals surface area (Å²) in [6.07, 6.45) is 2.66. The number of aryl methyl sites for hydroxylation is 1. The van der Waals surface area contributed by atoms with Crippen LogP contribution in [0.5, 0.6) is 5.75 Å². The number of nitrogens with zero attached hydrogens (tertiary/aromatic N) is 3. The Hall–Kier alpha value is -3.19. The molecule has 0 atom stereocenters. The Labute approximate surface area is 189 Å². The lowest BCUT2D eigenvalue weighted by atomic mass is 9.90. The van der Waals surface area contributed by atoms with Gasteiger partial charge in [0, 0.05) is 42.2 Å². The van der Waals surface area contributed by atoms with Gasteiger partial charge in [-0.15, -0.1) is 0 Å². The lowest BCUT2D eigenvalue weighted by Gasteiger charge is -2.36. The first-order valence-electron chi connectivity index (χ1n) is 10.9. The summed E-state index contributed by atoms with van der Waals surface area (Å²) in [6.45, 7) is 6.91. The van der Waals surface area contributed by atoms with Crippen molar-refractivity contribution in [1.29, 1.82) is 0 Å². The van der Waals surface area contributed by atoms with Gasteiger partial charge < -0.3 is 14.7 Å². The first-order valence-corrected chi connectivity index (χ1v) is 11.7. The molecule has 6 rings (SSSR count). The highest BCUT2D eigenvalue weighted by atomic mass is 32.1. The molecule has 1 fully saturated rings. The van der Waals surface area contributed by atoms with Gasteiger partial charge in [0.25, 0.3) is 0 Å². The molecule has 0 saturated carbocycles. The summed E-state index contributed by atoms with van der Waals surface area (Å²) in [5.74, 6) is 0.686. The number of carbonyl (C=O) groups is 1. The highest BCUT2D eigenvalue weighted by Gasteiger charge is 2.28. The van der Waals surface area contributed by atoms with Gasteiger partial charge in [-0.3, -0.25) is 9.78 Å². The van der Waals surface area contributed by atoms with Gasteiger partial charge in [0.15, 0.2) is 5.13 Å². The van der Waals surface area contributed by atoms with Crippen molar-refractivity contribution in [2.45, 2.75) is 26.7 Å². The van der Waals surface area contributed by atoms with E-state index in [-0.39, 0.29) is 6.42 Å². The quantitative estimate of drug-likeness (QED) is 0.485. The molecule has 6 nitrogen and oxygen atoms in total. The molecule has 0 spiro atoms. The fourth-order valence-corrected chi connectivity index (χ4v) is 6.13. The average Bonchev–Trinajstić information content (AvgIpc) is 3.16. The number of hydrogen-bond donors (Lipinski definition) is 1. The van der Waals surface area contributed by atoms with Crippen LogP contribution in [-0.2, 0) is 17.6 Å². The molecular formula is C25H23N3O3S. The Morgan fingerprint density at radius 3 is 2.94 bits per heavy atom. The van der Waals surface area contributed by atoms with E-state index in [9.17, 15) is 9.90 Å². The monoisotopic (exact) mass is 445 g/mol. The number of aromatic nitrogens is 2. The van der Waals surface area contributed by atoms with Crippen LogP contribution < -0.4 is 9.64 Å². The third-order valence-electron chi connectivity index (χ3n) is 6.50. The topological polar surface area (TPSA) is 75.5 Å². The minimum atomic E-state index is -0.839. The molecule has 2 aliphatic rings. The average molecular weight is 446 g/mol. The predicted molar refractivity (Wildman–Crippen MR) is 127 cm³/mol. The molecule has 0 amide bonds. The van der Waals surface area contributed by atoms with E-state index in [2.05, 4.69) is 17.9 Å². The molecule has 4 aromatic rings. The number of benzene rings is 2. The summed E-state index contributed by atoms with van der Waals surface area (Å²) in [7, 11) is 0. The SMILES string of the molecule is Cc1cc2nc(N3CC(C)C3)sc2c(-c2ccc3c4c(ccnc24)CCO3)c1CC(=O)O. The van der Waals surface area contributed by atoms with Crippen molar-refractivity contribution < 1.29 is 14.6 Å². The van der Waals surface area contributed by atoms with Crippen molar-refractivity contribution >= 4 is 43.6 Å². The molecule has 32 heavy (non-hydrogen) atoms. The maximum Gasteiger partial charge on any atom is 0.307 e. The third kappa shape index (κ3) is 2.95. The third-order valence-corrected chi connectivity index (χ3v) is 7.65. The zero-order valence-corrected chi connectivity index (χ0v) is 18.8. The van der Waals surface area contributed by atoms with Crippen LogP contribution in [-0.4, -0.2) is 40.7 Å². The van der Waals surface area contributed by atoms with Crippen LogP contribution in [0.25, 0.3) is 32.2 Å². The molecule has 0 bridgehead atoms. The van der Waals surface area contributed by atoms with Crippen molar-refractivity contribution in [2.24, 2.45) is 5.92 Å². The zero-order valence-electron chi connectivity index (χ0n) is 18.0. The Balaban J connectivity index is 1.66. The van der Waals surface area contributed by atoms with Crippen molar-refractivity contribution in [3.63, 3.8) is 0 Å². The van der Waals surface area contributed by atoms with Crippen LogP contribution in [0.2, 0.25) is 0 Å². The number of aliphatic carboxylic acids is 1. The van der Waals surface area contributed by atoms with Crippen LogP contribution >= 0.6 is 11.3 Å². The Kier molecular flexibility index (Phi) is 4.37. The van der Waals surface area contributed by atoms with Crippen LogP contribution in [0.1, 0.15) is 23.6 Å². The Morgan fingerprint density at radius 2 is 2.16 bits per heavy atom. The lowest BCUT2D eigenvalue weighted by Crippen LogP contribution is -2.45. The van der Waals surface area contributed by atoms with E-state index in [0.717, 1.165) is 73.8 Å². The van der Waals surface area contributed by atoms with Crippen LogP contribution in [0.4, 0.5) is 5.13 Å². The van der Waals surface area contributed by atoms with E-state index in [4.69, 9.17) is 14.7 Å². The van der Waals surface area contributed by atoms with Crippen LogP contribution in [0.3, 0.4) is 0 Å². The normalized spacial score (nSPS) is 15.8. The van der Waals surface area contributed by atoms with Gasteiger partial charge in [-0.2, -0.15) is 0 Å². The molecule has 1 N–H and O–H groups in total. The van der Waals surface area contributed by atoms with E-state index in [0.29, 0.717) is 12.5 Å². The molecule has 162 valence electrons. The predicted octanol–water partition coefficient (Wildman–Crippen LogP) is 4.84. The summed E-state index contributed by atoms with van der Waals surface area (Å²) in [4.78, 5) is 23.8. The number of ether oxygens (including phenoxy) is 1. The molecule has 2 aromatic heterocycles. The summed E-state index contributed by atoms with van der Waals surface area (Å²) in [5.41, 5.74) is 6.68. The van der Waals surface area contributed by atoms with Gasteiger partial charge in [-0.05, 0) is 53.8 Å². The maximum atomic E-state index is 11.8. The number of hydrogen-bond acceptors (Lipinski definition) is 6. The summed E-state index contributed by atoms with van der Waals surface area (Å²) >= 11 is 1.65. The smallest absolute Gasteiger partial charge is 0.307 e. The number of rotatable bonds is 4. The fraction of sp³-hybridized carbons (Fsp3) is 0.320. The van der Waals surface area contributed by atoms with E-state index < -0.39 is 5.97 Å². The largest absolute Gasteiger partial charge is 0.493 e.